The van der Waals surface area contributed by atoms with Gasteiger partial charge in [0.1, 0.15) is 0 Å². The molecule has 86 valence electrons. The molecule has 2 aromatic carbocycles. The second-order valence-electron chi connectivity index (χ2n) is 3.71. The Morgan fingerprint density at radius 2 is 1.82 bits per heavy atom. The van der Waals surface area contributed by atoms with Crippen molar-refractivity contribution in [1.82, 2.24) is 0 Å². The van der Waals surface area contributed by atoms with Gasteiger partial charge in [0.2, 0.25) is 0 Å². The molecule has 2 rings (SSSR count). The van der Waals surface area contributed by atoms with Crippen LogP contribution in [-0.2, 0) is 0 Å². The summed E-state index contributed by atoms with van der Waals surface area (Å²) in [5, 5.41) is 4.21. The highest BCUT2D eigenvalue weighted by molar-refractivity contribution is 9.10. The number of para-hydroxylation sites is 1. The Hall–Kier alpha value is -1.61. The largest absolute Gasteiger partial charge is 0.279 e. The summed E-state index contributed by atoms with van der Waals surface area (Å²) in [6.07, 6.45) is 1.81. The summed E-state index contributed by atoms with van der Waals surface area (Å²) in [5.74, 6) is 0. The molecule has 0 aliphatic rings. The maximum Gasteiger partial charge on any atom is 0.0561 e. The maximum absolute atomic E-state index is 4.21. The van der Waals surface area contributed by atoms with Gasteiger partial charge in [-0.1, -0.05) is 36.4 Å². The number of rotatable bonds is 3. The van der Waals surface area contributed by atoms with Gasteiger partial charge in [0.15, 0.2) is 0 Å². The zero-order chi connectivity index (χ0) is 12.1. The Morgan fingerprint density at radius 3 is 2.59 bits per heavy atom. The van der Waals surface area contributed by atoms with Crippen molar-refractivity contribution in [2.75, 3.05) is 5.43 Å². The first-order valence-electron chi connectivity index (χ1n) is 5.36. The fourth-order valence-corrected chi connectivity index (χ4v) is 1.83. The van der Waals surface area contributed by atoms with Crippen molar-refractivity contribution in [3.63, 3.8) is 0 Å². The van der Waals surface area contributed by atoms with E-state index in [1.54, 1.807) is 0 Å². The molecule has 2 nitrogen and oxygen atoms in total. The van der Waals surface area contributed by atoms with Gasteiger partial charge in [0, 0.05) is 10.0 Å². The molecule has 0 heterocycles. The van der Waals surface area contributed by atoms with Crippen molar-refractivity contribution in [3.05, 3.63) is 64.1 Å². The first-order valence-corrected chi connectivity index (χ1v) is 6.16. The summed E-state index contributed by atoms with van der Waals surface area (Å²) >= 11 is 3.55. The predicted octanol–water partition coefficient (Wildman–Crippen LogP) is 4.20. The van der Waals surface area contributed by atoms with E-state index in [4.69, 9.17) is 0 Å². The molecule has 0 radical (unpaired) electrons. The van der Waals surface area contributed by atoms with Gasteiger partial charge in [-0.2, -0.15) is 5.10 Å². The monoisotopic (exact) mass is 288 g/mol. The van der Waals surface area contributed by atoms with Crippen LogP contribution in [0.25, 0.3) is 0 Å². The summed E-state index contributed by atoms with van der Waals surface area (Å²) in [4.78, 5) is 0. The molecule has 0 fully saturated rings. The first-order chi connectivity index (χ1) is 8.27. The van der Waals surface area contributed by atoms with Crippen molar-refractivity contribution in [3.8, 4) is 0 Å². The van der Waals surface area contributed by atoms with Crippen molar-refractivity contribution in [1.29, 1.82) is 0 Å². The molecule has 0 saturated carbocycles. The third-order valence-corrected chi connectivity index (χ3v) is 3.48. The van der Waals surface area contributed by atoms with Gasteiger partial charge in [-0.3, -0.25) is 5.43 Å². The Labute approximate surface area is 110 Å². The Morgan fingerprint density at radius 1 is 1.06 bits per heavy atom. The number of halogens is 1. The van der Waals surface area contributed by atoms with E-state index in [9.17, 15) is 0 Å². The predicted molar refractivity (Wildman–Crippen MR) is 76.5 cm³/mol. The molecule has 0 bridgehead atoms. The lowest BCUT2D eigenvalue weighted by Crippen LogP contribution is -1.91. The van der Waals surface area contributed by atoms with Gasteiger partial charge in [0.25, 0.3) is 0 Å². The van der Waals surface area contributed by atoms with E-state index in [1.165, 1.54) is 5.56 Å². The van der Waals surface area contributed by atoms with Gasteiger partial charge in [-0.25, -0.2) is 0 Å². The average molecular weight is 289 g/mol. The number of nitrogens with one attached hydrogen (secondary N) is 1. The number of benzene rings is 2. The van der Waals surface area contributed by atoms with Crippen molar-refractivity contribution < 1.29 is 0 Å². The molecule has 1 N–H and O–H groups in total. The third-order valence-electron chi connectivity index (χ3n) is 2.39. The average Bonchev–Trinajstić information content (AvgIpc) is 2.36. The minimum absolute atomic E-state index is 0.979. The number of hydrogen-bond acceptors (Lipinski definition) is 2. The Balaban J connectivity index is 2.09. The molecule has 0 saturated heterocycles. The SMILES string of the molecule is Cc1cccc(/C=N/Nc2ccccc2)c1Br. The van der Waals surface area contributed by atoms with E-state index >= 15 is 0 Å². The summed E-state index contributed by atoms with van der Waals surface area (Å²) in [6, 6.07) is 16.0. The normalized spacial score (nSPS) is 10.7. The zero-order valence-corrected chi connectivity index (χ0v) is 11.1. The number of hydrazone groups is 1. The molecule has 0 amide bonds. The number of aryl methyl sites for hydroxylation is 1. The van der Waals surface area contributed by atoms with Crippen LogP contribution in [0.1, 0.15) is 11.1 Å². The van der Waals surface area contributed by atoms with Crippen LogP contribution in [0.3, 0.4) is 0 Å². The molecule has 17 heavy (non-hydrogen) atoms. The van der Waals surface area contributed by atoms with Gasteiger partial charge in [-0.05, 0) is 40.5 Å². The van der Waals surface area contributed by atoms with Crippen LogP contribution in [0.5, 0.6) is 0 Å². The lowest BCUT2D eigenvalue weighted by Gasteiger charge is -2.02. The molecule has 0 aliphatic heterocycles. The second kappa shape index (κ2) is 5.64. The summed E-state index contributed by atoms with van der Waals surface area (Å²) in [7, 11) is 0. The fraction of sp³-hybridized carbons (Fsp3) is 0.0714. The minimum atomic E-state index is 0.979. The minimum Gasteiger partial charge on any atom is -0.279 e. The van der Waals surface area contributed by atoms with Crippen molar-refractivity contribution in [2.24, 2.45) is 5.10 Å². The van der Waals surface area contributed by atoms with Gasteiger partial charge >= 0.3 is 0 Å². The summed E-state index contributed by atoms with van der Waals surface area (Å²) in [6.45, 7) is 2.06. The van der Waals surface area contributed by atoms with E-state index < -0.39 is 0 Å². The molecule has 0 atom stereocenters. The maximum atomic E-state index is 4.21. The number of anilines is 1. The number of hydrogen-bond donors (Lipinski definition) is 1. The van der Waals surface area contributed by atoms with E-state index in [-0.39, 0.29) is 0 Å². The summed E-state index contributed by atoms with van der Waals surface area (Å²) in [5.41, 5.74) is 6.23. The topological polar surface area (TPSA) is 24.4 Å². The van der Waals surface area contributed by atoms with Crippen LogP contribution in [0.15, 0.2) is 58.1 Å². The van der Waals surface area contributed by atoms with Gasteiger partial charge < -0.3 is 0 Å². The highest BCUT2D eigenvalue weighted by Gasteiger charge is 1.98. The Kier molecular flexibility index (Phi) is 3.94. The Bertz CT molecular complexity index is 521. The number of nitrogens with zero attached hydrogens (tertiary/aromatic N) is 1. The molecule has 0 aromatic heterocycles. The second-order valence-corrected chi connectivity index (χ2v) is 4.51. The molecule has 0 spiro atoms. The molecular formula is C14H13BrN2. The molecule has 3 heteroatoms. The van der Waals surface area contributed by atoms with E-state index in [1.807, 2.05) is 48.7 Å². The standard InChI is InChI=1S/C14H13BrN2/c1-11-6-5-7-12(14(11)15)10-16-17-13-8-3-2-4-9-13/h2-10,17H,1H3/b16-10+. The highest BCUT2D eigenvalue weighted by Crippen LogP contribution is 2.19. The molecule has 0 aliphatic carbocycles. The van der Waals surface area contributed by atoms with Crippen LogP contribution in [0, 0.1) is 6.92 Å². The highest BCUT2D eigenvalue weighted by atomic mass is 79.9. The lowest BCUT2D eigenvalue weighted by atomic mass is 10.1. The molecular weight excluding hydrogens is 276 g/mol. The van der Waals surface area contributed by atoms with E-state index in [0.717, 1.165) is 15.7 Å². The van der Waals surface area contributed by atoms with Crippen LogP contribution in [0.4, 0.5) is 5.69 Å². The van der Waals surface area contributed by atoms with Crippen molar-refractivity contribution >= 4 is 27.8 Å². The van der Waals surface area contributed by atoms with Crippen molar-refractivity contribution in [2.45, 2.75) is 6.92 Å². The summed E-state index contributed by atoms with van der Waals surface area (Å²) < 4.78 is 1.08. The van der Waals surface area contributed by atoms with Crippen LogP contribution in [-0.4, -0.2) is 6.21 Å². The fourth-order valence-electron chi connectivity index (χ4n) is 1.46. The smallest absolute Gasteiger partial charge is 0.0561 e. The molecule has 0 unspecified atom stereocenters. The third kappa shape index (κ3) is 3.17. The van der Waals surface area contributed by atoms with Gasteiger partial charge in [-0.15, -0.1) is 0 Å². The van der Waals surface area contributed by atoms with Crippen LogP contribution >= 0.6 is 15.9 Å². The quantitative estimate of drug-likeness (QED) is 0.664. The van der Waals surface area contributed by atoms with E-state index in [2.05, 4.69) is 39.4 Å². The van der Waals surface area contributed by atoms with Gasteiger partial charge in [0.05, 0.1) is 11.9 Å². The van der Waals surface area contributed by atoms with Crippen LogP contribution < -0.4 is 5.43 Å². The van der Waals surface area contributed by atoms with E-state index in [0.29, 0.717) is 0 Å². The van der Waals surface area contributed by atoms with Crippen LogP contribution in [0.2, 0.25) is 0 Å². The lowest BCUT2D eigenvalue weighted by molar-refractivity contribution is 1.34. The molecule has 2 aromatic rings. The first kappa shape index (κ1) is 11.9. The zero-order valence-electron chi connectivity index (χ0n) is 9.52.